The summed E-state index contributed by atoms with van der Waals surface area (Å²) in [7, 11) is 1.62. The van der Waals surface area contributed by atoms with Crippen molar-refractivity contribution in [2.75, 3.05) is 38.2 Å². The number of nitrogens with zero attached hydrogens (tertiary/aromatic N) is 4. The van der Waals surface area contributed by atoms with E-state index in [9.17, 15) is 18.0 Å². The van der Waals surface area contributed by atoms with Gasteiger partial charge >= 0.3 is 6.18 Å². The summed E-state index contributed by atoms with van der Waals surface area (Å²) in [4.78, 5) is 21.2. The lowest BCUT2D eigenvalue weighted by atomic mass is 10.1. The van der Waals surface area contributed by atoms with E-state index in [1.54, 1.807) is 42.3 Å². The summed E-state index contributed by atoms with van der Waals surface area (Å²) in [6.45, 7) is 1.66. The van der Waals surface area contributed by atoms with Gasteiger partial charge in [-0.05, 0) is 54.1 Å². The van der Waals surface area contributed by atoms with Crippen molar-refractivity contribution >= 4 is 23.1 Å². The number of piperazine rings is 1. The SMILES string of the molecule is COc1cccc(Cc2nsc(Oc3cccc(C(=O)N4CCN(c5cccc(C(F)(F)F)c5)CC4)c3)n2)c1. The molecule has 0 bridgehead atoms. The minimum Gasteiger partial charge on any atom is -0.497 e. The van der Waals surface area contributed by atoms with Crippen molar-refractivity contribution in [2.24, 2.45) is 0 Å². The Kier molecular flexibility index (Phi) is 7.69. The average Bonchev–Trinajstić information content (AvgIpc) is 3.39. The molecule has 11 heteroatoms. The van der Waals surface area contributed by atoms with Crippen LogP contribution in [-0.4, -0.2) is 53.5 Å². The van der Waals surface area contributed by atoms with Crippen molar-refractivity contribution in [2.45, 2.75) is 12.6 Å². The van der Waals surface area contributed by atoms with Crippen LogP contribution < -0.4 is 14.4 Å². The molecule has 39 heavy (non-hydrogen) atoms. The first kappa shape index (κ1) is 26.5. The minimum absolute atomic E-state index is 0.167. The normalized spacial score (nSPS) is 13.8. The number of halogens is 3. The molecular formula is C28H25F3N4O3S. The number of hydrogen-bond acceptors (Lipinski definition) is 7. The van der Waals surface area contributed by atoms with E-state index in [1.165, 1.54) is 6.07 Å². The number of benzene rings is 3. The molecule has 202 valence electrons. The Hall–Kier alpha value is -4.12. The maximum absolute atomic E-state index is 13.2. The van der Waals surface area contributed by atoms with Crippen molar-refractivity contribution in [1.82, 2.24) is 14.3 Å². The van der Waals surface area contributed by atoms with Gasteiger partial charge in [-0.3, -0.25) is 4.79 Å². The van der Waals surface area contributed by atoms with E-state index in [4.69, 9.17) is 9.47 Å². The molecule has 1 aliphatic heterocycles. The van der Waals surface area contributed by atoms with Crippen LogP contribution in [0.5, 0.6) is 16.7 Å². The Bertz CT molecular complexity index is 1450. The number of amides is 1. The molecule has 3 aromatic carbocycles. The van der Waals surface area contributed by atoms with Crippen molar-refractivity contribution in [3.8, 4) is 16.7 Å². The smallest absolute Gasteiger partial charge is 0.416 e. The van der Waals surface area contributed by atoms with Gasteiger partial charge < -0.3 is 19.3 Å². The fourth-order valence-corrected chi connectivity index (χ4v) is 4.91. The number of aromatic nitrogens is 2. The molecular weight excluding hydrogens is 529 g/mol. The lowest BCUT2D eigenvalue weighted by Crippen LogP contribution is -2.48. The summed E-state index contributed by atoms with van der Waals surface area (Å²) >= 11 is 1.13. The van der Waals surface area contributed by atoms with Crippen LogP contribution in [0.3, 0.4) is 0 Å². The molecule has 0 saturated carbocycles. The first-order valence-electron chi connectivity index (χ1n) is 12.2. The fraction of sp³-hybridized carbons (Fsp3) is 0.250. The number of hydrogen-bond donors (Lipinski definition) is 0. The summed E-state index contributed by atoms with van der Waals surface area (Å²) in [5, 5.41) is 0.368. The second kappa shape index (κ2) is 11.3. The van der Waals surface area contributed by atoms with E-state index < -0.39 is 11.7 Å². The van der Waals surface area contributed by atoms with Crippen LogP contribution in [0.25, 0.3) is 0 Å². The molecule has 1 fully saturated rings. The van der Waals surface area contributed by atoms with Gasteiger partial charge in [0, 0.05) is 55.4 Å². The van der Waals surface area contributed by atoms with Gasteiger partial charge in [-0.2, -0.15) is 22.5 Å². The van der Waals surface area contributed by atoms with E-state index in [0.29, 0.717) is 60.6 Å². The minimum atomic E-state index is -4.40. The predicted octanol–water partition coefficient (Wildman–Crippen LogP) is 5.91. The van der Waals surface area contributed by atoms with Crippen LogP contribution in [0.1, 0.15) is 27.3 Å². The molecule has 5 rings (SSSR count). The molecule has 4 aromatic rings. The highest BCUT2D eigenvalue weighted by molar-refractivity contribution is 7.07. The second-order valence-electron chi connectivity index (χ2n) is 8.96. The zero-order chi connectivity index (χ0) is 27.4. The van der Waals surface area contributed by atoms with E-state index in [-0.39, 0.29) is 5.91 Å². The molecule has 7 nitrogen and oxygen atoms in total. The summed E-state index contributed by atoms with van der Waals surface area (Å²) in [6.07, 6.45) is -3.87. The summed E-state index contributed by atoms with van der Waals surface area (Å²) in [5.74, 6) is 1.68. The van der Waals surface area contributed by atoms with Crippen molar-refractivity contribution in [3.63, 3.8) is 0 Å². The van der Waals surface area contributed by atoms with Crippen LogP contribution in [-0.2, 0) is 12.6 Å². The number of carbonyl (C=O) groups excluding carboxylic acids is 1. The largest absolute Gasteiger partial charge is 0.497 e. The van der Waals surface area contributed by atoms with Gasteiger partial charge in [0.05, 0.1) is 12.7 Å². The Labute approximate surface area is 227 Å². The van der Waals surface area contributed by atoms with Crippen LogP contribution in [0, 0.1) is 0 Å². The van der Waals surface area contributed by atoms with Gasteiger partial charge in [0.25, 0.3) is 11.1 Å². The topological polar surface area (TPSA) is 67.8 Å². The molecule has 0 atom stereocenters. The summed E-state index contributed by atoms with van der Waals surface area (Å²) in [6, 6.07) is 19.8. The van der Waals surface area contributed by atoms with Crippen LogP contribution >= 0.6 is 11.5 Å². The number of rotatable bonds is 7. The Morgan fingerprint density at radius 1 is 0.949 bits per heavy atom. The molecule has 2 heterocycles. The number of methoxy groups -OCH3 is 1. The molecule has 1 aromatic heterocycles. The maximum Gasteiger partial charge on any atom is 0.416 e. The second-order valence-corrected chi connectivity index (χ2v) is 9.68. The van der Waals surface area contributed by atoms with Gasteiger partial charge in [0.2, 0.25) is 0 Å². The molecule has 0 unspecified atom stereocenters. The fourth-order valence-electron chi connectivity index (χ4n) is 4.34. The Balaban J connectivity index is 1.19. The highest BCUT2D eigenvalue weighted by atomic mass is 32.1. The zero-order valence-electron chi connectivity index (χ0n) is 21.0. The van der Waals surface area contributed by atoms with E-state index in [0.717, 1.165) is 35.0 Å². The average molecular weight is 555 g/mol. The zero-order valence-corrected chi connectivity index (χ0v) is 21.8. The van der Waals surface area contributed by atoms with Gasteiger partial charge in [-0.15, -0.1) is 0 Å². The third-order valence-corrected chi connectivity index (χ3v) is 6.97. The molecule has 0 aliphatic carbocycles. The molecule has 0 radical (unpaired) electrons. The molecule has 0 spiro atoms. The van der Waals surface area contributed by atoms with Gasteiger partial charge in [0.15, 0.2) is 5.82 Å². The molecule has 1 aliphatic rings. The maximum atomic E-state index is 13.2. The van der Waals surface area contributed by atoms with Crippen LogP contribution in [0.4, 0.5) is 18.9 Å². The van der Waals surface area contributed by atoms with Gasteiger partial charge in [-0.25, -0.2) is 0 Å². The summed E-state index contributed by atoms with van der Waals surface area (Å²) < 4.78 is 54.8. The van der Waals surface area contributed by atoms with Gasteiger partial charge in [-0.1, -0.05) is 24.3 Å². The number of ether oxygens (including phenoxy) is 2. The van der Waals surface area contributed by atoms with Crippen molar-refractivity contribution in [1.29, 1.82) is 0 Å². The lowest BCUT2D eigenvalue weighted by Gasteiger charge is -2.36. The van der Waals surface area contributed by atoms with Crippen molar-refractivity contribution < 1.29 is 27.4 Å². The first-order valence-corrected chi connectivity index (χ1v) is 13.0. The van der Waals surface area contributed by atoms with Crippen LogP contribution in [0.15, 0.2) is 72.8 Å². The standard InChI is InChI=1S/C28H25F3N4O3S/c1-37-23-9-2-5-19(15-23)16-25-32-27(39-33-25)38-24-10-3-6-20(17-24)26(36)35-13-11-34(12-14-35)22-8-4-7-21(18-22)28(29,30)31/h2-10,15,17-18H,11-14,16H2,1H3. The number of anilines is 1. The molecule has 0 N–H and O–H groups in total. The first-order chi connectivity index (χ1) is 18.8. The van der Waals surface area contributed by atoms with E-state index in [2.05, 4.69) is 9.36 Å². The van der Waals surface area contributed by atoms with Crippen molar-refractivity contribution in [3.05, 3.63) is 95.3 Å². The molecule has 1 amide bonds. The number of carbonyl (C=O) groups is 1. The van der Waals surface area contributed by atoms with Gasteiger partial charge in [0.1, 0.15) is 11.5 Å². The van der Waals surface area contributed by atoms with Crippen LogP contribution in [0.2, 0.25) is 0 Å². The highest BCUT2D eigenvalue weighted by Gasteiger charge is 2.31. The quantitative estimate of drug-likeness (QED) is 0.283. The monoisotopic (exact) mass is 554 g/mol. The van der Waals surface area contributed by atoms with E-state index >= 15 is 0 Å². The summed E-state index contributed by atoms with van der Waals surface area (Å²) in [5.41, 5.74) is 1.29. The lowest BCUT2D eigenvalue weighted by molar-refractivity contribution is -0.137. The number of alkyl halides is 3. The third-order valence-electron chi connectivity index (χ3n) is 6.34. The highest BCUT2D eigenvalue weighted by Crippen LogP contribution is 2.32. The Morgan fingerprint density at radius 3 is 2.46 bits per heavy atom. The third kappa shape index (κ3) is 6.48. The van der Waals surface area contributed by atoms with E-state index in [1.807, 2.05) is 29.2 Å². The Morgan fingerprint density at radius 2 is 1.69 bits per heavy atom. The predicted molar refractivity (Wildman–Crippen MR) is 142 cm³/mol. The molecule has 1 saturated heterocycles.